The maximum atomic E-state index is 12.3. The predicted molar refractivity (Wildman–Crippen MR) is 94.9 cm³/mol. The van der Waals surface area contributed by atoms with Crippen molar-refractivity contribution in [1.29, 1.82) is 0 Å². The van der Waals surface area contributed by atoms with Gasteiger partial charge in [-0.25, -0.2) is 0 Å². The molecule has 2 saturated carbocycles. The van der Waals surface area contributed by atoms with Gasteiger partial charge in [0.2, 0.25) is 0 Å². The van der Waals surface area contributed by atoms with E-state index in [-0.39, 0.29) is 0 Å². The maximum absolute atomic E-state index is 12.3. The van der Waals surface area contributed by atoms with Gasteiger partial charge in [0.25, 0.3) is 0 Å². The second kappa shape index (κ2) is 10.1. The van der Waals surface area contributed by atoms with Gasteiger partial charge >= 0.3 is 6.18 Å². The minimum atomic E-state index is -3.97. The molecule has 0 N–H and O–H groups in total. The quantitative estimate of drug-likeness (QED) is 0.392. The van der Waals surface area contributed by atoms with Crippen molar-refractivity contribution in [3.63, 3.8) is 0 Å². The Morgan fingerprint density at radius 2 is 1.17 bits per heavy atom. The van der Waals surface area contributed by atoms with E-state index >= 15 is 0 Å². The van der Waals surface area contributed by atoms with Crippen molar-refractivity contribution in [2.24, 2.45) is 23.7 Å². The van der Waals surface area contributed by atoms with E-state index in [0.717, 1.165) is 30.6 Å². The smallest absolute Gasteiger partial charge is 0.171 e. The Labute approximate surface area is 147 Å². The maximum Gasteiger partial charge on any atom is 0.389 e. The van der Waals surface area contributed by atoms with Crippen molar-refractivity contribution in [3.8, 4) is 0 Å². The van der Waals surface area contributed by atoms with Crippen LogP contribution in [0.2, 0.25) is 0 Å². The third-order valence-corrected chi connectivity index (χ3v) is 6.75. The number of hydrogen-bond acceptors (Lipinski definition) is 0. The monoisotopic (exact) mass is 346 g/mol. The molecule has 0 atom stereocenters. The van der Waals surface area contributed by atoms with Crippen LogP contribution in [0.15, 0.2) is 0 Å². The van der Waals surface area contributed by atoms with Crippen LogP contribution in [0, 0.1) is 23.7 Å². The van der Waals surface area contributed by atoms with Gasteiger partial charge in [0, 0.05) is 6.42 Å². The fraction of sp³-hybridized carbons (Fsp3) is 1.00. The molecule has 0 nitrogen and oxygen atoms in total. The summed E-state index contributed by atoms with van der Waals surface area (Å²) in [5.41, 5.74) is 0. The van der Waals surface area contributed by atoms with Gasteiger partial charge in [0.15, 0.2) is 0 Å². The van der Waals surface area contributed by atoms with Crippen molar-refractivity contribution in [3.05, 3.63) is 0 Å². The van der Waals surface area contributed by atoms with Gasteiger partial charge in [0.1, 0.15) is 0 Å². The van der Waals surface area contributed by atoms with E-state index in [1.54, 1.807) is 0 Å². The molecule has 0 heterocycles. The zero-order valence-corrected chi connectivity index (χ0v) is 15.5. The zero-order chi connectivity index (χ0) is 17.4. The molecule has 0 spiro atoms. The minimum Gasteiger partial charge on any atom is -0.171 e. The molecule has 142 valence electrons. The van der Waals surface area contributed by atoms with Crippen LogP contribution in [0.1, 0.15) is 103 Å². The summed E-state index contributed by atoms with van der Waals surface area (Å²) in [6.45, 7) is 2.27. The van der Waals surface area contributed by atoms with Crippen molar-refractivity contribution in [2.45, 2.75) is 109 Å². The summed E-state index contributed by atoms with van der Waals surface area (Å²) in [7, 11) is 0. The summed E-state index contributed by atoms with van der Waals surface area (Å²) in [4.78, 5) is 0. The van der Waals surface area contributed by atoms with Gasteiger partial charge in [-0.3, -0.25) is 0 Å². The number of rotatable bonds is 8. The van der Waals surface area contributed by atoms with Gasteiger partial charge in [-0.05, 0) is 55.8 Å². The molecule has 0 aliphatic heterocycles. The summed E-state index contributed by atoms with van der Waals surface area (Å²) >= 11 is 0. The Morgan fingerprint density at radius 3 is 1.62 bits per heavy atom. The van der Waals surface area contributed by atoms with Crippen molar-refractivity contribution in [2.75, 3.05) is 0 Å². The van der Waals surface area contributed by atoms with E-state index in [1.807, 2.05) is 0 Å². The van der Waals surface area contributed by atoms with Crippen LogP contribution in [0.3, 0.4) is 0 Å². The second-order valence-corrected chi connectivity index (χ2v) is 8.56. The van der Waals surface area contributed by atoms with Gasteiger partial charge in [-0.1, -0.05) is 64.7 Å². The summed E-state index contributed by atoms with van der Waals surface area (Å²) in [5.74, 6) is 2.98. The normalized spacial score (nSPS) is 32.0. The first-order valence-corrected chi connectivity index (χ1v) is 10.5. The number of hydrogen-bond donors (Lipinski definition) is 0. The zero-order valence-electron chi connectivity index (χ0n) is 15.5. The molecule has 2 fully saturated rings. The molecule has 0 aromatic rings. The molecule has 24 heavy (non-hydrogen) atoms. The predicted octanol–water partition coefficient (Wildman–Crippen LogP) is 7.91. The van der Waals surface area contributed by atoms with E-state index in [4.69, 9.17) is 0 Å². The highest BCUT2D eigenvalue weighted by Gasteiger charge is 2.33. The molecule has 0 saturated heterocycles. The average Bonchev–Trinajstić information content (AvgIpc) is 2.57. The van der Waals surface area contributed by atoms with Crippen LogP contribution >= 0.6 is 0 Å². The lowest BCUT2D eigenvalue weighted by Crippen LogP contribution is -2.26. The van der Waals surface area contributed by atoms with Crippen molar-refractivity contribution < 1.29 is 13.2 Å². The van der Waals surface area contributed by atoms with Gasteiger partial charge in [-0.15, -0.1) is 0 Å². The van der Waals surface area contributed by atoms with E-state index in [9.17, 15) is 13.2 Å². The largest absolute Gasteiger partial charge is 0.389 e. The van der Waals surface area contributed by atoms with Gasteiger partial charge in [0.05, 0.1) is 0 Å². The fourth-order valence-electron chi connectivity index (χ4n) is 5.12. The SMILES string of the molecule is CCCCCCC1CCC(C2CCC(CCC(F)(F)F)CC2)CC1. The Bertz CT molecular complexity index is 320. The van der Waals surface area contributed by atoms with Crippen LogP contribution in [-0.2, 0) is 0 Å². The molecule has 0 bridgehead atoms. The Hall–Kier alpha value is -0.210. The Morgan fingerprint density at radius 1 is 0.667 bits per heavy atom. The molecule has 3 heteroatoms. The molecule has 2 aliphatic carbocycles. The number of unbranched alkanes of at least 4 members (excludes halogenated alkanes) is 3. The molecule has 0 radical (unpaired) electrons. The minimum absolute atomic E-state index is 0.331. The summed E-state index contributed by atoms with van der Waals surface area (Å²) in [6.07, 6.45) is 12.8. The molecule has 0 amide bonds. The molecular weight excluding hydrogens is 309 g/mol. The first-order valence-electron chi connectivity index (χ1n) is 10.5. The number of halogens is 3. The molecule has 0 aromatic heterocycles. The van der Waals surface area contributed by atoms with E-state index < -0.39 is 12.6 Å². The van der Waals surface area contributed by atoms with Crippen LogP contribution in [0.4, 0.5) is 13.2 Å². The van der Waals surface area contributed by atoms with E-state index in [0.29, 0.717) is 12.3 Å². The van der Waals surface area contributed by atoms with E-state index in [1.165, 1.54) is 70.6 Å². The van der Waals surface area contributed by atoms with Crippen LogP contribution in [0.5, 0.6) is 0 Å². The highest BCUT2D eigenvalue weighted by atomic mass is 19.4. The third-order valence-electron chi connectivity index (χ3n) is 6.75. The topological polar surface area (TPSA) is 0 Å². The summed E-state index contributed by atoms with van der Waals surface area (Å²) in [6, 6.07) is 0. The highest BCUT2D eigenvalue weighted by molar-refractivity contribution is 4.82. The van der Waals surface area contributed by atoms with Crippen LogP contribution in [-0.4, -0.2) is 6.18 Å². The average molecular weight is 347 g/mol. The number of alkyl halides is 3. The van der Waals surface area contributed by atoms with Gasteiger partial charge < -0.3 is 0 Å². The van der Waals surface area contributed by atoms with E-state index in [2.05, 4.69) is 6.92 Å². The first kappa shape index (κ1) is 20.1. The second-order valence-electron chi connectivity index (χ2n) is 8.56. The lowest BCUT2D eigenvalue weighted by atomic mass is 9.68. The summed E-state index contributed by atoms with van der Waals surface area (Å²) < 4.78 is 37.0. The third kappa shape index (κ3) is 7.35. The lowest BCUT2D eigenvalue weighted by molar-refractivity contribution is -0.138. The standard InChI is InChI=1S/C21H37F3/c1-2-3-4-5-6-17-7-11-19(12-8-17)20-13-9-18(10-14-20)15-16-21(22,23)24/h17-20H,2-16H2,1H3. The van der Waals surface area contributed by atoms with Crippen molar-refractivity contribution in [1.82, 2.24) is 0 Å². The molecule has 2 aliphatic rings. The Balaban J connectivity index is 1.58. The van der Waals surface area contributed by atoms with Crippen LogP contribution < -0.4 is 0 Å². The molecule has 0 aromatic carbocycles. The Kier molecular flexibility index (Phi) is 8.43. The van der Waals surface area contributed by atoms with Gasteiger partial charge in [-0.2, -0.15) is 13.2 Å². The molecule has 2 rings (SSSR count). The molecular formula is C21H37F3. The summed E-state index contributed by atoms with van der Waals surface area (Å²) in [5, 5.41) is 0. The highest BCUT2D eigenvalue weighted by Crippen LogP contribution is 2.43. The first-order chi connectivity index (χ1) is 11.5. The fourth-order valence-corrected chi connectivity index (χ4v) is 5.12. The van der Waals surface area contributed by atoms with Crippen LogP contribution in [0.25, 0.3) is 0 Å². The van der Waals surface area contributed by atoms with Crippen molar-refractivity contribution >= 4 is 0 Å². The molecule has 0 unspecified atom stereocenters. The lowest BCUT2D eigenvalue weighted by Gasteiger charge is -2.38.